The summed E-state index contributed by atoms with van der Waals surface area (Å²) >= 11 is 0. The lowest BCUT2D eigenvalue weighted by Gasteiger charge is -2.18. The molecule has 0 saturated heterocycles. The Balaban J connectivity index is 2.14. The second kappa shape index (κ2) is 3.36. The number of halogens is 1. The van der Waals surface area contributed by atoms with Gasteiger partial charge in [-0.15, -0.1) is 0 Å². The van der Waals surface area contributed by atoms with Gasteiger partial charge in [0.25, 0.3) is 0 Å². The van der Waals surface area contributed by atoms with Gasteiger partial charge in [0, 0.05) is 17.3 Å². The van der Waals surface area contributed by atoms with Gasteiger partial charge in [0.2, 0.25) is 0 Å². The molecule has 0 fully saturated rings. The Kier molecular flexibility index (Phi) is 2.21. The number of hydrogen-bond donors (Lipinski definition) is 1. The van der Waals surface area contributed by atoms with Gasteiger partial charge in [0.15, 0.2) is 0 Å². The minimum atomic E-state index is -0.762. The second-order valence-corrected chi connectivity index (χ2v) is 3.71. The highest BCUT2D eigenvalue weighted by Crippen LogP contribution is 2.29. The topological polar surface area (TPSA) is 15.8 Å². The summed E-state index contributed by atoms with van der Waals surface area (Å²) in [5, 5.41) is 0. The van der Waals surface area contributed by atoms with Crippen LogP contribution < -0.4 is 0 Å². The van der Waals surface area contributed by atoms with E-state index in [0.29, 0.717) is 12.3 Å². The third-order valence-corrected chi connectivity index (χ3v) is 2.57. The zero-order chi connectivity index (χ0) is 9.26. The molecule has 0 saturated carbocycles. The molecule has 1 heterocycles. The Bertz CT molecular complexity index is 314. The van der Waals surface area contributed by atoms with Crippen molar-refractivity contribution in [1.29, 1.82) is 0 Å². The molecule has 1 aromatic heterocycles. The highest BCUT2D eigenvalue weighted by molar-refractivity contribution is 5.19. The number of aromatic nitrogens is 1. The van der Waals surface area contributed by atoms with Gasteiger partial charge in [-0.25, -0.2) is 4.39 Å². The maximum absolute atomic E-state index is 13.0. The van der Waals surface area contributed by atoms with Crippen LogP contribution in [0, 0.1) is 6.92 Å². The molecule has 2 atom stereocenters. The van der Waals surface area contributed by atoms with Gasteiger partial charge in [-0.2, -0.15) is 0 Å². The van der Waals surface area contributed by atoms with Crippen LogP contribution in [0.15, 0.2) is 24.3 Å². The molecule has 1 aliphatic rings. The highest BCUT2D eigenvalue weighted by atomic mass is 19.1. The normalized spacial score (nSPS) is 27.8. The molecule has 1 unspecified atom stereocenters. The first-order valence-electron chi connectivity index (χ1n) is 4.72. The molecule has 2 heteroatoms. The number of aryl methyl sites for hydroxylation is 1. The third kappa shape index (κ3) is 1.82. The predicted octanol–water partition coefficient (Wildman–Crippen LogP) is 3.09. The first-order chi connectivity index (χ1) is 6.25. The number of hydrogen-bond acceptors (Lipinski definition) is 0. The molecule has 13 heavy (non-hydrogen) atoms. The lowest BCUT2D eigenvalue weighted by Crippen LogP contribution is -2.10. The second-order valence-electron chi connectivity index (χ2n) is 3.71. The zero-order valence-electron chi connectivity index (χ0n) is 7.76. The minimum Gasteiger partial charge on any atom is -0.362 e. The van der Waals surface area contributed by atoms with E-state index in [4.69, 9.17) is 0 Å². The quantitative estimate of drug-likeness (QED) is 0.637. The Hall–Kier alpha value is -1.05. The Morgan fingerprint density at radius 3 is 2.92 bits per heavy atom. The summed E-state index contributed by atoms with van der Waals surface area (Å²) < 4.78 is 13.0. The molecule has 0 bridgehead atoms. The monoisotopic (exact) mass is 179 g/mol. The number of rotatable bonds is 1. The summed E-state index contributed by atoms with van der Waals surface area (Å²) in [6.45, 7) is 2.02. The van der Waals surface area contributed by atoms with Crippen LogP contribution in [0.4, 0.5) is 4.39 Å². The van der Waals surface area contributed by atoms with E-state index in [1.807, 2.05) is 19.1 Å². The van der Waals surface area contributed by atoms with Gasteiger partial charge < -0.3 is 4.98 Å². The molecule has 1 aliphatic carbocycles. The van der Waals surface area contributed by atoms with Gasteiger partial charge >= 0.3 is 0 Å². The van der Waals surface area contributed by atoms with Crippen LogP contribution in [0.1, 0.15) is 30.1 Å². The van der Waals surface area contributed by atoms with Crippen LogP contribution in [0.5, 0.6) is 0 Å². The van der Waals surface area contributed by atoms with Crippen molar-refractivity contribution >= 4 is 0 Å². The Labute approximate surface area is 77.7 Å². The summed E-state index contributed by atoms with van der Waals surface area (Å²) in [5.74, 6) is 0.341. The van der Waals surface area contributed by atoms with Gasteiger partial charge in [0.1, 0.15) is 6.17 Å². The van der Waals surface area contributed by atoms with E-state index in [-0.39, 0.29) is 0 Å². The fourth-order valence-electron chi connectivity index (χ4n) is 1.85. The van der Waals surface area contributed by atoms with E-state index in [2.05, 4.69) is 11.1 Å². The summed E-state index contributed by atoms with van der Waals surface area (Å²) in [4.78, 5) is 3.27. The van der Waals surface area contributed by atoms with Gasteiger partial charge in [-0.1, -0.05) is 12.2 Å². The van der Waals surface area contributed by atoms with Crippen LogP contribution in [0.2, 0.25) is 0 Å². The van der Waals surface area contributed by atoms with E-state index >= 15 is 0 Å². The minimum absolute atomic E-state index is 0.341. The van der Waals surface area contributed by atoms with Crippen molar-refractivity contribution in [1.82, 2.24) is 4.98 Å². The van der Waals surface area contributed by atoms with Crippen molar-refractivity contribution in [2.45, 2.75) is 31.9 Å². The first-order valence-corrected chi connectivity index (χ1v) is 4.72. The molecule has 0 spiro atoms. The highest BCUT2D eigenvalue weighted by Gasteiger charge is 2.19. The molecule has 1 nitrogen and oxygen atoms in total. The van der Waals surface area contributed by atoms with Crippen LogP contribution in [0.25, 0.3) is 0 Å². The van der Waals surface area contributed by atoms with Gasteiger partial charge in [-0.3, -0.25) is 0 Å². The standard InChI is InChI=1S/C11H14FN/c1-8-5-6-11(13-8)9-3-2-4-10(12)7-9/h2,4-6,9-10,13H,3,7H2,1H3/t9?,10-/m1/s1. The molecule has 2 rings (SSSR count). The lowest BCUT2D eigenvalue weighted by molar-refractivity contribution is 0.339. The maximum atomic E-state index is 13.0. The van der Waals surface area contributed by atoms with E-state index in [1.165, 1.54) is 5.69 Å². The van der Waals surface area contributed by atoms with E-state index in [1.54, 1.807) is 6.08 Å². The van der Waals surface area contributed by atoms with Crippen LogP contribution in [-0.2, 0) is 0 Å². The van der Waals surface area contributed by atoms with E-state index in [0.717, 1.165) is 12.1 Å². The molecule has 0 aromatic carbocycles. The maximum Gasteiger partial charge on any atom is 0.119 e. The van der Waals surface area contributed by atoms with Gasteiger partial charge in [0.05, 0.1) is 0 Å². The Morgan fingerprint density at radius 1 is 1.46 bits per heavy atom. The molecular weight excluding hydrogens is 165 g/mol. The van der Waals surface area contributed by atoms with Crippen molar-refractivity contribution in [3.05, 3.63) is 35.7 Å². The molecular formula is C11H14FN. The SMILES string of the molecule is Cc1ccc(C2CC=C[C@@H](F)C2)[nH]1. The number of nitrogens with one attached hydrogen (secondary N) is 1. The fourth-order valence-corrected chi connectivity index (χ4v) is 1.85. The Morgan fingerprint density at radius 2 is 2.31 bits per heavy atom. The number of allylic oxidation sites excluding steroid dienone is 2. The lowest BCUT2D eigenvalue weighted by atomic mass is 9.91. The largest absolute Gasteiger partial charge is 0.362 e. The summed E-state index contributed by atoms with van der Waals surface area (Å²) in [7, 11) is 0. The van der Waals surface area contributed by atoms with Crippen molar-refractivity contribution in [2.75, 3.05) is 0 Å². The summed E-state index contributed by atoms with van der Waals surface area (Å²) in [6.07, 6.45) is 4.42. The van der Waals surface area contributed by atoms with E-state index in [9.17, 15) is 4.39 Å². The molecule has 0 amide bonds. The summed E-state index contributed by atoms with van der Waals surface area (Å²) in [5.41, 5.74) is 2.32. The van der Waals surface area contributed by atoms with Gasteiger partial charge in [-0.05, 0) is 31.9 Å². The van der Waals surface area contributed by atoms with Crippen molar-refractivity contribution in [3.63, 3.8) is 0 Å². The molecule has 0 aliphatic heterocycles. The molecule has 1 N–H and O–H groups in total. The zero-order valence-corrected chi connectivity index (χ0v) is 7.76. The van der Waals surface area contributed by atoms with Crippen LogP contribution in [-0.4, -0.2) is 11.2 Å². The van der Waals surface area contributed by atoms with Crippen LogP contribution >= 0.6 is 0 Å². The molecule has 70 valence electrons. The number of alkyl halides is 1. The average molecular weight is 179 g/mol. The predicted molar refractivity (Wildman–Crippen MR) is 51.5 cm³/mol. The first kappa shape index (κ1) is 8.54. The number of H-pyrrole nitrogens is 1. The molecule has 0 radical (unpaired) electrons. The van der Waals surface area contributed by atoms with E-state index < -0.39 is 6.17 Å². The number of aromatic amines is 1. The summed E-state index contributed by atoms with van der Waals surface area (Å²) in [6, 6.07) is 4.10. The fraction of sp³-hybridized carbons (Fsp3) is 0.455. The molecule has 1 aromatic rings. The smallest absolute Gasteiger partial charge is 0.119 e. The average Bonchev–Trinajstić information content (AvgIpc) is 2.52. The van der Waals surface area contributed by atoms with Crippen molar-refractivity contribution < 1.29 is 4.39 Å². The third-order valence-electron chi connectivity index (χ3n) is 2.57. The van der Waals surface area contributed by atoms with Crippen molar-refractivity contribution in [3.8, 4) is 0 Å². The van der Waals surface area contributed by atoms with Crippen LogP contribution in [0.3, 0.4) is 0 Å². The van der Waals surface area contributed by atoms with Crippen molar-refractivity contribution in [2.24, 2.45) is 0 Å².